The van der Waals surface area contributed by atoms with Gasteiger partial charge in [0.15, 0.2) is 0 Å². The van der Waals surface area contributed by atoms with E-state index in [1.807, 2.05) is 13.8 Å². The third-order valence-corrected chi connectivity index (χ3v) is 2.57. The molecular formula is C13H19N3O4. The van der Waals surface area contributed by atoms with Crippen molar-refractivity contribution in [3.8, 4) is 0 Å². The number of primary amides is 1. The van der Waals surface area contributed by atoms with Gasteiger partial charge in [-0.3, -0.25) is 14.9 Å². The number of amides is 1. The van der Waals surface area contributed by atoms with Gasteiger partial charge in [-0.2, -0.15) is 0 Å². The van der Waals surface area contributed by atoms with Crippen molar-refractivity contribution in [3.63, 3.8) is 0 Å². The monoisotopic (exact) mass is 281 g/mol. The van der Waals surface area contributed by atoms with Crippen molar-refractivity contribution in [2.75, 3.05) is 18.5 Å². The summed E-state index contributed by atoms with van der Waals surface area (Å²) in [5.41, 5.74) is 5.42. The maximum Gasteiger partial charge on any atom is 0.293 e. The lowest BCUT2D eigenvalue weighted by Crippen LogP contribution is -2.13. The summed E-state index contributed by atoms with van der Waals surface area (Å²) in [7, 11) is 0. The number of hydrogen-bond donors (Lipinski definition) is 2. The minimum Gasteiger partial charge on any atom is -0.379 e. The van der Waals surface area contributed by atoms with Crippen LogP contribution < -0.4 is 11.1 Å². The molecule has 0 radical (unpaired) electrons. The normalized spacial score (nSPS) is 10.6. The molecule has 0 bridgehead atoms. The molecule has 0 aliphatic rings. The highest BCUT2D eigenvalue weighted by molar-refractivity contribution is 5.94. The molecule has 0 aliphatic heterocycles. The second-order valence-electron chi connectivity index (χ2n) is 4.55. The highest BCUT2D eigenvalue weighted by Crippen LogP contribution is 2.25. The molecule has 1 amide bonds. The zero-order chi connectivity index (χ0) is 15.1. The molecule has 1 aromatic rings. The van der Waals surface area contributed by atoms with Crippen LogP contribution in [-0.4, -0.2) is 30.1 Å². The number of benzene rings is 1. The number of anilines is 1. The van der Waals surface area contributed by atoms with Gasteiger partial charge in [0.25, 0.3) is 5.69 Å². The molecular weight excluding hydrogens is 262 g/mol. The summed E-state index contributed by atoms with van der Waals surface area (Å²) in [5.74, 6) is -0.690. The molecule has 0 saturated heterocycles. The first-order chi connectivity index (χ1) is 9.41. The lowest BCUT2D eigenvalue weighted by atomic mass is 10.1. The van der Waals surface area contributed by atoms with E-state index in [-0.39, 0.29) is 17.4 Å². The Morgan fingerprint density at radius 3 is 2.75 bits per heavy atom. The van der Waals surface area contributed by atoms with E-state index < -0.39 is 10.8 Å². The zero-order valence-electron chi connectivity index (χ0n) is 11.6. The van der Waals surface area contributed by atoms with E-state index in [0.717, 1.165) is 6.42 Å². The first kappa shape index (κ1) is 15.9. The summed E-state index contributed by atoms with van der Waals surface area (Å²) < 4.78 is 5.37. The predicted molar refractivity (Wildman–Crippen MR) is 75.8 cm³/mol. The SMILES string of the molecule is CC(C)OCCCNc1ccc(C(N)=O)cc1[N+](=O)[O-]. The Morgan fingerprint density at radius 2 is 2.20 bits per heavy atom. The fourth-order valence-electron chi connectivity index (χ4n) is 1.60. The summed E-state index contributed by atoms with van der Waals surface area (Å²) in [4.78, 5) is 21.4. The Hall–Kier alpha value is -2.15. The highest BCUT2D eigenvalue weighted by Gasteiger charge is 2.16. The number of nitrogens with one attached hydrogen (secondary N) is 1. The maximum atomic E-state index is 11.0. The van der Waals surface area contributed by atoms with Gasteiger partial charge in [0.05, 0.1) is 11.0 Å². The van der Waals surface area contributed by atoms with Crippen LogP contribution in [0.1, 0.15) is 30.6 Å². The average Bonchev–Trinajstić information content (AvgIpc) is 2.37. The van der Waals surface area contributed by atoms with Crippen LogP contribution >= 0.6 is 0 Å². The van der Waals surface area contributed by atoms with Gasteiger partial charge in [-0.05, 0) is 32.4 Å². The molecule has 0 aromatic heterocycles. The molecule has 110 valence electrons. The van der Waals surface area contributed by atoms with E-state index in [0.29, 0.717) is 18.8 Å². The third-order valence-electron chi connectivity index (χ3n) is 2.57. The van der Waals surface area contributed by atoms with Gasteiger partial charge in [-0.25, -0.2) is 0 Å². The minimum absolute atomic E-state index is 0.116. The first-order valence-electron chi connectivity index (χ1n) is 6.35. The summed E-state index contributed by atoms with van der Waals surface area (Å²) in [6, 6.07) is 4.12. The molecule has 7 nitrogen and oxygen atoms in total. The number of nitrogens with zero attached hydrogens (tertiary/aromatic N) is 1. The molecule has 0 aliphatic carbocycles. The summed E-state index contributed by atoms with van der Waals surface area (Å²) in [6.45, 7) is 5.02. The van der Waals surface area contributed by atoms with Crippen molar-refractivity contribution in [1.29, 1.82) is 0 Å². The first-order valence-corrected chi connectivity index (χ1v) is 6.35. The van der Waals surface area contributed by atoms with E-state index in [1.165, 1.54) is 18.2 Å². The topological polar surface area (TPSA) is 107 Å². The van der Waals surface area contributed by atoms with E-state index in [4.69, 9.17) is 10.5 Å². The van der Waals surface area contributed by atoms with Gasteiger partial charge >= 0.3 is 0 Å². The number of carbonyl (C=O) groups is 1. The number of carbonyl (C=O) groups excluding carboxylic acids is 1. The molecule has 1 rings (SSSR count). The van der Waals surface area contributed by atoms with Crippen molar-refractivity contribution in [3.05, 3.63) is 33.9 Å². The number of hydrogen-bond acceptors (Lipinski definition) is 5. The molecule has 0 atom stereocenters. The number of nitrogens with two attached hydrogens (primary N) is 1. The summed E-state index contributed by atoms with van der Waals surface area (Å²) in [5, 5.41) is 13.9. The Balaban J connectivity index is 2.65. The van der Waals surface area contributed by atoms with E-state index in [9.17, 15) is 14.9 Å². The molecule has 0 heterocycles. The van der Waals surface area contributed by atoms with Crippen LogP contribution in [0.15, 0.2) is 18.2 Å². The van der Waals surface area contributed by atoms with E-state index in [1.54, 1.807) is 0 Å². The number of rotatable bonds is 8. The Morgan fingerprint density at radius 1 is 1.50 bits per heavy atom. The predicted octanol–water partition coefficient (Wildman–Crippen LogP) is 1.92. The Bertz CT molecular complexity index is 489. The van der Waals surface area contributed by atoms with E-state index >= 15 is 0 Å². The maximum absolute atomic E-state index is 11.0. The van der Waals surface area contributed by atoms with Crippen LogP contribution in [0, 0.1) is 10.1 Å². The average molecular weight is 281 g/mol. The molecule has 20 heavy (non-hydrogen) atoms. The van der Waals surface area contributed by atoms with Crippen molar-refractivity contribution in [2.24, 2.45) is 5.73 Å². The quantitative estimate of drug-likeness (QED) is 0.430. The number of nitro groups is 1. The van der Waals surface area contributed by atoms with Gasteiger partial charge in [0, 0.05) is 24.8 Å². The van der Waals surface area contributed by atoms with Crippen molar-refractivity contribution < 1.29 is 14.5 Å². The van der Waals surface area contributed by atoms with Crippen LogP contribution in [0.25, 0.3) is 0 Å². The fraction of sp³-hybridized carbons (Fsp3) is 0.462. The van der Waals surface area contributed by atoms with Crippen LogP contribution in [0.2, 0.25) is 0 Å². The second-order valence-corrected chi connectivity index (χ2v) is 4.55. The van der Waals surface area contributed by atoms with Gasteiger partial charge in [0.1, 0.15) is 5.69 Å². The molecule has 3 N–H and O–H groups in total. The second kappa shape index (κ2) is 7.44. The largest absolute Gasteiger partial charge is 0.379 e. The Labute approximate surface area is 117 Å². The third kappa shape index (κ3) is 4.85. The standard InChI is InChI=1S/C13H19N3O4/c1-9(2)20-7-3-6-15-11-5-4-10(13(14)17)8-12(11)16(18)19/h4-5,8-9,15H,3,6-7H2,1-2H3,(H2,14,17). The molecule has 0 unspecified atom stereocenters. The smallest absolute Gasteiger partial charge is 0.293 e. The lowest BCUT2D eigenvalue weighted by molar-refractivity contribution is -0.384. The molecule has 0 fully saturated rings. The van der Waals surface area contributed by atoms with Crippen LogP contribution in [0.4, 0.5) is 11.4 Å². The number of ether oxygens (including phenoxy) is 1. The zero-order valence-corrected chi connectivity index (χ0v) is 11.6. The summed E-state index contributed by atoms with van der Waals surface area (Å²) in [6.07, 6.45) is 0.895. The van der Waals surface area contributed by atoms with Crippen LogP contribution in [0.3, 0.4) is 0 Å². The lowest BCUT2D eigenvalue weighted by Gasteiger charge is -2.09. The van der Waals surface area contributed by atoms with Crippen molar-refractivity contribution in [1.82, 2.24) is 0 Å². The molecule has 1 aromatic carbocycles. The highest BCUT2D eigenvalue weighted by atomic mass is 16.6. The fourth-order valence-corrected chi connectivity index (χ4v) is 1.60. The molecule has 0 saturated carbocycles. The number of nitro benzene ring substituents is 1. The Kier molecular flexibility index (Phi) is 5.92. The summed E-state index contributed by atoms with van der Waals surface area (Å²) >= 11 is 0. The minimum atomic E-state index is -0.690. The molecule has 0 spiro atoms. The van der Waals surface area contributed by atoms with Gasteiger partial charge in [-0.1, -0.05) is 0 Å². The van der Waals surface area contributed by atoms with Crippen molar-refractivity contribution >= 4 is 17.3 Å². The van der Waals surface area contributed by atoms with Crippen LogP contribution in [0.5, 0.6) is 0 Å². The van der Waals surface area contributed by atoms with Gasteiger partial charge in [0.2, 0.25) is 5.91 Å². The van der Waals surface area contributed by atoms with E-state index in [2.05, 4.69) is 5.32 Å². The van der Waals surface area contributed by atoms with Crippen LogP contribution in [-0.2, 0) is 4.74 Å². The van der Waals surface area contributed by atoms with Gasteiger partial charge in [-0.15, -0.1) is 0 Å². The van der Waals surface area contributed by atoms with Crippen molar-refractivity contribution in [2.45, 2.75) is 26.4 Å². The van der Waals surface area contributed by atoms with Gasteiger partial charge < -0.3 is 15.8 Å². The molecule has 7 heteroatoms.